The minimum absolute atomic E-state index is 0.0892. The molecule has 1 atom stereocenters. The van der Waals surface area contributed by atoms with Crippen LogP contribution in [0, 0.1) is 0 Å². The molecule has 0 heterocycles. The molecule has 0 unspecified atom stereocenters. The summed E-state index contributed by atoms with van der Waals surface area (Å²) in [6, 6.07) is 24.7. The Balaban J connectivity index is 1.61. The van der Waals surface area contributed by atoms with Crippen molar-refractivity contribution in [3.8, 4) is 11.1 Å². The van der Waals surface area contributed by atoms with Crippen LogP contribution < -0.4 is 10.6 Å². The second-order valence-electron chi connectivity index (χ2n) is 7.05. The van der Waals surface area contributed by atoms with Gasteiger partial charge >= 0.3 is 11.8 Å². The summed E-state index contributed by atoms with van der Waals surface area (Å²) in [7, 11) is 0. The van der Waals surface area contributed by atoms with Crippen molar-refractivity contribution in [3.05, 3.63) is 84.4 Å². The van der Waals surface area contributed by atoms with E-state index in [9.17, 15) is 14.7 Å². The van der Waals surface area contributed by atoms with Crippen molar-refractivity contribution in [1.29, 1.82) is 0 Å². The first-order chi connectivity index (χ1) is 14.4. The van der Waals surface area contributed by atoms with Crippen molar-refractivity contribution in [3.63, 3.8) is 0 Å². The molecule has 0 aromatic heterocycles. The molecule has 6 heteroatoms. The maximum atomic E-state index is 12.2. The van der Waals surface area contributed by atoms with Gasteiger partial charge in [0.05, 0.1) is 12.2 Å². The highest BCUT2D eigenvalue weighted by molar-refractivity contribution is 7.98. The fourth-order valence-electron chi connectivity index (χ4n) is 3.01. The van der Waals surface area contributed by atoms with Crippen molar-refractivity contribution in [1.82, 2.24) is 5.32 Å². The maximum absolute atomic E-state index is 12.2. The Morgan fingerprint density at radius 3 is 2.13 bits per heavy atom. The van der Waals surface area contributed by atoms with Gasteiger partial charge in [0.15, 0.2) is 0 Å². The quantitative estimate of drug-likeness (QED) is 0.415. The zero-order chi connectivity index (χ0) is 21.6. The minimum Gasteiger partial charge on any atom is -0.384 e. The Labute approximate surface area is 180 Å². The molecule has 0 radical (unpaired) electrons. The Kier molecular flexibility index (Phi) is 6.92. The van der Waals surface area contributed by atoms with E-state index in [1.807, 2.05) is 73.0 Å². The van der Waals surface area contributed by atoms with Gasteiger partial charge in [-0.25, -0.2) is 0 Å². The number of thioether (sulfide) groups is 1. The molecular formula is C24H24N2O3S. The molecule has 3 rings (SSSR count). The van der Waals surface area contributed by atoms with Crippen molar-refractivity contribution >= 4 is 29.3 Å². The van der Waals surface area contributed by atoms with Crippen LogP contribution >= 0.6 is 11.8 Å². The lowest BCUT2D eigenvalue weighted by Crippen LogP contribution is -2.43. The molecule has 0 fully saturated rings. The summed E-state index contributed by atoms with van der Waals surface area (Å²) < 4.78 is 0. The van der Waals surface area contributed by atoms with E-state index in [2.05, 4.69) is 10.6 Å². The Morgan fingerprint density at radius 2 is 1.47 bits per heavy atom. The number of anilines is 1. The van der Waals surface area contributed by atoms with Gasteiger partial charge in [0, 0.05) is 4.90 Å². The third-order valence-corrected chi connectivity index (χ3v) is 5.56. The van der Waals surface area contributed by atoms with Gasteiger partial charge in [0.2, 0.25) is 0 Å². The van der Waals surface area contributed by atoms with Crippen LogP contribution in [0.2, 0.25) is 0 Å². The third-order valence-electron chi connectivity index (χ3n) is 4.77. The fraction of sp³-hybridized carbons (Fsp3) is 0.167. The summed E-state index contributed by atoms with van der Waals surface area (Å²) in [4.78, 5) is 25.3. The van der Waals surface area contributed by atoms with Crippen molar-refractivity contribution < 1.29 is 14.7 Å². The Morgan fingerprint density at radius 1 is 0.867 bits per heavy atom. The van der Waals surface area contributed by atoms with Crippen LogP contribution in [0.15, 0.2) is 83.8 Å². The monoisotopic (exact) mass is 420 g/mol. The van der Waals surface area contributed by atoms with Gasteiger partial charge in [0.25, 0.3) is 0 Å². The molecular weight excluding hydrogens is 396 g/mol. The molecule has 0 bridgehead atoms. The van der Waals surface area contributed by atoms with Gasteiger partial charge < -0.3 is 15.7 Å². The number of hydrogen-bond acceptors (Lipinski definition) is 4. The molecule has 0 aliphatic heterocycles. The average Bonchev–Trinajstić information content (AvgIpc) is 2.78. The molecule has 5 nitrogen and oxygen atoms in total. The van der Waals surface area contributed by atoms with E-state index in [1.165, 1.54) is 11.8 Å². The predicted octanol–water partition coefficient (Wildman–Crippen LogP) is 4.04. The van der Waals surface area contributed by atoms with E-state index in [4.69, 9.17) is 0 Å². The number of aliphatic hydroxyl groups is 1. The van der Waals surface area contributed by atoms with Gasteiger partial charge in [-0.3, -0.25) is 9.59 Å². The number of benzene rings is 3. The van der Waals surface area contributed by atoms with E-state index in [-0.39, 0.29) is 6.54 Å². The molecule has 3 N–H and O–H groups in total. The van der Waals surface area contributed by atoms with E-state index in [0.717, 1.165) is 16.0 Å². The van der Waals surface area contributed by atoms with Crippen molar-refractivity contribution in [2.45, 2.75) is 17.4 Å². The third kappa shape index (κ3) is 5.28. The lowest BCUT2D eigenvalue weighted by molar-refractivity contribution is -0.136. The van der Waals surface area contributed by atoms with Crippen molar-refractivity contribution in [2.75, 3.05) is 18.1 Å². The summed E-state index contributed by atoms with van der Waals surface area (Å²) in [5, 5.41) is 15.9. The van der Waals surface area contributed by atoms with Gasteiger partial charge in [-0.2, -0.15) is 0 Å². The SMILES string of the molecule is CSc1ccccc1NC(=O)C(=O)NC[C@](C)(O)c1ccc(-c2ccccc2)cc1. The normalized spacial score (nSPS) is 12.6. The molecule has 0 saturated carbocycles. The predicted molar refractivity (Wildman–Crippen MR) is 121 cm³/mol. The van der Waals surface area contributed by atoms with Gasteiger partial charge in [-0.15, -0.1) is 11.8 Å². The second kappa shape index (κ2) is 9.61. The average molecular weight is 421 g/mol. The molecule has 0 spiro atoms. The molecule has 2 amide bonds. The number of rotatable bonds is 6. The van der Waals surface area contributed by atoms with Gasteiger partial charge in [-0.05, 0) is 42.0 Å². The summed E-state index contributed by atoms with van der Waals surface area (Å²) >= 11 is 1.48. The lowest BCUT2D eigenvalue weighted by atomic mass is 9.93. The summed E-state index contributed by atoms with van der Waals surface area (Å²) in [5.74, 6) is -1.57. The van der Waals surface area contributed by atoms with Crippen molar-refractivity contribution in [2.24, 2.45) is 0 Å². The largest absolute Gasteiger partial charge is 0.384 e. The highest BCUT2D eigenvalue weighted by Crippen LogP contribution is 2.26. The first-order valence-electron chi connectivity index (χ1n) is 9.51. The maximum Gasteiger partial charge on any atom is 0.313 e. The number of amides is 2. The highest BCUT2D eigenvalue weighted by atomic mass is 32.2. The van der Waals surface area contributed by atoms with Crippen LogP contribution in [0.3, 0.4) is 0 Å². The molecule has 0 aliphatic rings. The van der Waals surface area contributed by atoms with E-state index < -0.39 is 17.4 Å². The highest BCUT2D eigenvalue weighted by Gasteiger charge is 2.25. The van der Waals surface area contributed by atoms with E-state index >= 15 is 0 Å². The topological polar surface area (TPSA) is 78.4 Å². The van der Waals surface area contributed by atoms with Gasteiger partial charge in [-0.1, -0.05) is 66.7 Å². The summed E-state index contributed by atoms with van der Waals surface area (Å²) in [6.07, 6.45) is 1.89. The standard InChI is InChI=1S/C24H24N2O3S/c1-24(29,19-14-12-18(13-15-19)17-8-4-3-5-9-17)16-25-22(27)23(28)26-20-10-6-7-11-21(20)30-2/h3-15,29H,16H2,1-2H3,(H,25,27)(H,26,28)/t24-/m0/s1. The first kappa shape index (κ1) is 21.6. The van der Waals surface area contributed by atoms with Crippen LogP contribution in [0.4, 0.5) is 5.69 Å². The number of carbonyl (C=O) groups is 2. The van der Waals surface area contributed by atoms with Crippen LogP contribution in [0.25, 0.3) is 11.1 Å². The molecule has 30 heavy (non-hydrogen) atoms. The van der Waals surface area contributed by atoms with Crippen LogP contribution in [-0.4, -0.2) is 29.7 Å². The van der Waals surface area contributed by atoms with Gasteiger partial charge in [0.1, 0.15) is 5.60 Å². The number of nitrogens with one attached hydrogen (secondary N) is 2. The second-order valence-corrected chi connectivity index (χ2v) is 7.90. The molecule has 154 valence electrons. The lowest BCUT2D eigenvalue weighted by Gasteiger charge is -2.24. The van der Waals surface area contributed by atoms with E-state index in [0.29, 0.717) is 11.3 Å². The van der Waals surface area contributed by atoms with Crippen LogP contribution in [0.1, 0.15) is 12.5 Å². The summed E-state index contributed by atoms with van der Waals surface area (Å²) in [5.41, 5.74) is 2.02. The van der Waals surface area contributed by atoms with Crippen LogP contribution in [-0.2, 0) is 15.2 Å². The molecule has 0 saturated heterocycles. The Bertz CT molecular complexity index is 1020. The molecule has 3 aromatic carbocycles. The van der Waals surface area contributed by atoms with E-state index in [1.54, 1.807) is 19.1 Å². The fourth-order valence-corrected chi connectivity index (χ4v) is 3.57. The first-order valence-corrected chi connectivity index (χ1v) is 10.7. The minimum atomic E-state index is -1.32. The number of carbonyl (C=O) groups excluding carboxylic acids is 2. The zero-order valence-corrected chi connectivity index (χ0v) is 17.7. The van der Waals surface area contributed by atoms with Crippen LogP contribution in [0.5, 0.6) is 0 Å². The smallest absolute Gasteiger partial charge is 0.313 e. The molecule has 3 aromatic rings. The number of hydrogen-bond donors (Lipinski definition) is 3. The zero-order valence-electron chi connectivity index (χ0n) is 16.9. The molecule has 0 aliphatic carbocycles. The summed E-state index contributed by atoms with van der Waals surface area (Å²) in [6.45, 7) is 1.51. The number of para-hydroxylation sites is 1. The Hall–Kier alpha value is -3.09.